The van der Waals surface area contributed by atoms with Crippen molar-refractivity contribution in [3.05, 3.63) is 64.1 Å². The summed E-state index contributed by atoms with van der Waals surface area (Å²) in [5.74, 6) is 0. The third-order valence-electron chi connectivity index (χ3n) is 3.71. The van der Waals surface area contributed by atoms with Crippen molar-refractivity contribution in [2.45, 2.75) is 27.2 Å². The van der Waals surface area contributed by atoms with Crippen molar-refractivity contribution in [2.24, 2.45) is 0 Å². The highest BCUT2D eigenvalue weighted by atomic mass is 32.1. The van der Waals surface area contributed by atoms with Crippen molar-refractivity contribution in [1.29, 1.82) is 0 Å². The highest BCUT2D eigenvalue weighted by molar-refractivity contribution is 7.15. The van der Waals surface area contributed by atoms with Gasteiger partial charge in [0.15, 0.2) is 11.9 Å². The Hall–Kier alpha value is -2.20. The van der Waals surface area contributed by atoms with Crippen LogP contribution in [0, 0.1) is 19.1 Å². The molecule has 0 unspecified atom stereocenters. The smallest absolute Gasteiger partial charge is 0.198 e. The van der Waals surface area contributed by atoms with Crippen molar-refractivity contribution in [3.63, 3.8) is 0 Å². The summed E-state index contributed by atoms with van der Waals surface area (Å²) in [6, 6.07) is 12.1. The fourth-order valence-electron chi connectivity index (χ4n) is 2.49. The van der Waals surface area contributed by atoms with E-state index in [0.717, 1.165) is 37.9 Å². The number of hydrogen-bond donors (Lipinski definition) is 0. The van der Waals surface area contributed by atoms with Crippen LogP contribution in [0.2, 0.25) is 0 Å². The molecule has 0 saturated carbocycles. The molecule has 0 amide bonds. The first-order chi connectivity index (χ1) is 10.6. The molecule has 0 aliphatic heterocycles. The van der Waals surface area contributed by atoms with E-state index in [9.17, 15) is 5.21 Å². The van der Waals surface area contributed by atoms with Gasteiger partial charge in [-0.1, -0.05) is 30.7 Å². The van der Waals surface area contributed by atoms with Gasteiger partial charge >= 0.3 is 0 Å². The molecule has 1 aromatic carbocycles. The van der Waals surface area contributed by atoms with Gasteiger partial charge in [-0.2, -0.15) is 4.73 Å². The molecule has 0 bridgehead atoms. The monoisotopic (exact) mass is 310 g/mol. The Morgan fingerprint density at radius 2 is 2.00 bits per heavy atom. The lowest BCUT2D eigenvalue weighted by Gasteiger charge is -2.07. The van der Waals surface area contributed by atoms with E-state index in [1.54, 1.807) is 17.4 Å². The van der Waals surface area contributed by atoms with Crippen LogP contribution in [0.25, 0.3) is 21.7 Å². The maximum atomic E-state index is 11.9. The van der Waals surface area contributed by atoms with Gasteiger partial charge in [0.1, 0.15) is 0 Å². The summed E-state index contributed by atoms with van der Waals surface area (Å²) in [5.41, 5.74) is 4.96. The lowest BCUT2D eigenvalue weighted by Crippen LogP contribution is -2.29. The van der Waals surface area contributed by atoms with Gasteiger partial charge in [0.05, 0.1) is 21.1 Å². The fraction of sp³-hybridized carbons (Fsp3) is 0.222. The average Bonchev–Trinajstić information content (AvgIpc) is 2.94. The molecule has 0 atom stereocenters. The quantitative estimate of drug-likeness (QED) is 0.535. The first-order valence-electron chi connectivity index (χ1n) is 7.36. The Labute approximate surface area is 134 Å². The number of benzene rings is 1. The van der Waals surface area contributed by atoms with Gasteiger partial charge in [0, 0.05) is 18.6 Å². The standard InChI is InChI=1S/C18H18N2OS/c1-4-16-19-17(14-8-5-7-12(2)11-14)18(22-16)15-9-6-10-20(21)13(15)3/h5-11H,4H2,1-3H3. The van der Waals surface area contributed by atoms with Crippen molar-refractivity contribution in [2.75, 3.05) is 0 Å². The zero-order chi connectivity index (χ0) is 15.7. The molecule has 22 heavy (non-hydrogen) atoms. The van der Waals surface area contributed by atoms with Gasteiger partial charge in [-0.15, -0.1) is 11.3 Å². The Bertz CT molecular complexity index is 824. The van der Waals surface area contributed by atoms with Gasteiger partial charge in [-0.05, 0) is 25.5 Å². The third-order valence-corrected chi connectivity index (χ3v) is 4.95. The minimum Gasteiger partial charge on any atom is -0.618 e. The van der Waals surface area contributed by atoms with Crippen LogP contribution in [0.3, 0.4) is 0 Å². The molecule has 3 rings (SSSR count). The van der Waals surface area contributed by atoms with E-state index in [1.165, 1.54) is 11.8 Å². The Balaban J connectivity index is 2.24. The van der Waals surface area contributed by atoms with Gasteiger partial charge in [0.25, 0.3) is 0 Å². The van der Waals surface area contributed by atoms with Crippen LogP contribution in [0.4, 0.5) is 0 Å². The highest BCUT2D eigenvalue weighted by Crippen LogP contribution is 2.37. The third kappa shape index (κ3) is 2.62. The number of aryl methyl sites for hydroxylation is 2. The normalized spacial score (nSPS) is 10.9. The average molecular weight is 310 g/mol. The molecule has 0 radical (unpaired) electrons. The van der Waals surface area contributed by atoms with Gasteiger partial charge in [0.2, 0.25) is 0 Å². The van der Waals surface area contributed by atoms with Gasteiger partial charge < -0.3 is 5.21 Å². The molecule has 0 spiro atoms. The summed E-state index contributed by atoms with van der Waals surface area (Å²) in [6.07, 6.45) is 2.43. The van der Waals surface area contributed by atoms with Crippen LogP contribution in [0.1, 0.15) is 23.2 Å². The number of rotatable bonds is 3. The van der Waals surface area contributed by atoms with E-state index in [0.29, 0.717) is 5.69 Å². The highest BCUT2D eigenvalue weighted by Gasteiger charge is 2.19. The second-order valence-corrected chi connectivity index (χ2v) is 6.43. The molecule has 3 aromatic rings. The number of aromatic nitrogens is 2. The summed E-state index contributed by atoms with van der Waals surface area (Å²) in [6.45, 7) is 6.04. The van der Waals surface area contributed by atoms with E-state index < -0.39 is 0 Å². The topological polar surface area (TPSA) is 39.8 Å². The van der Waals surface area contributed by atoms with Crippen molar-refractivity contribution in [1.82, 2.24) is 4.98 Å². The van der Waals surface area contributed by atoms with Crippen LogP contribution < -0.4 is 4.73 Å². The Morgan fingerprint density at radius 3 is 2.73 bits per heavy atom. The largest absolute Gasteiger partial charge is 0.618 e. The maximum Gasteiger partial charge on any atom is 0.198 e. The first kappa shape index (κ1) is 14.7. The molecule has 4 heteroatoms. The molecule has 0 saturated heterocycles. The minimum atomic E-state index is 0.711. The number of nitrogens with zero attached hydrogens (tertiary/aromatic N) is 2. The number of pyridine rings is 1. The van der Waals surface area contributed by atoms with Crippen LogP contribution in [0.5, 0.6) is 0 Å². The van der Waals surface area contributed by atoms with Gasteiger partial charge in [-0.3, -0.25) is 0 Å². The maximum absolute atomic E-state index is 11.9. The molecule has 2 aromatic heterocycles. The predicted octanol–water partition coefficient (Wildman–Crippen LogP) is 4.29. The SMILES string of the molecule is CCc1nc(-c2cccc(C)c2)c(-c2ccc[n+]([O-])c2C)s1. The zero-order valence-corrected chi connectivity index (χ0v) is 13.8. The molecule has 2 heterocycles. The first-order valence-corrected chi connectivity index (χ1v) is 8.17. The van der Waals surface area contributed by atoms with E-state index in [2.05, 4.69) is 32.0 Å². The van der Waals surface area contributed by atoms with Gasteiger partial charge in [-0.25, -0.2) is 4.98 Å². The molecule has 112 valence electrons. The Morgan fingerprint density at radius 1 is 1.18 bits per heavy atom. The van der Waals surface area contributed by atoms with E-state index >= 15 is 0 Å². The second-order valence-electron chi connectivity index (χ2n) is 5.34. The molecule has 0 aliphatic rings. The van der Waals surface area contributed by atoms with Crippen molar-refractivity contribution < 1.29 is 4.73 Å². The lowest BCUT2D eigenvalue weighted by atomic mass is 10.0. The molecule has 0 aliphatic carbocycles. The molecule has 0 N–H and O–H groups in total. The minimum absolute atomic E-state index is 0.711. The van der Waals surface area contributed by atoms with E-state index in [-0.39, 0.29) is 0 Å². The Kier molecular flexibility index (Phi) is 3.94. The second kappa shape index (κ2) is 5.89. The summed E-state index contributed by atoms with van der Waals surface area (Å²) >= 11 is 1.67. The van der Waals surface area contributed by atoms with E-state index in [1.807, 2.05) is 19.1 Å². The van der Waals surface area contributed by atoms with E-state index in [4.69, 9.17) is 4.98 Å². The van der Waals surface area contributed by atoms with Crippen LogP contribution in [-0.2, 0) is 6.42 Å². The van der Waals surface area contributed by atoms with Crippen LogP contribution in [-0.4, -0.2) is 4.98 Å². The number of thiazole rings is 1. The number of hydrogen-bond acceptors (Lipinski definition) is 3. The summed E-state index contributed by atoms with van der Waals surface area (Å²) < 4.78 is 0.917. The molecule has 0 fully saturated rings. The summed E-state index contributed by atoms with van der Waals surface area (Å²) in [4.78, 5) is 5.87. The zero-order valence-electron chi connectivity index (χ0n) is 13.0. The predicted molar refractivity (Wildman–Crippen MR) is 90.8 cm³/mol. The van der Waals surface area contributed by atoms with Crippen LogP contribution in [0.15, 0.2) is 42.6 Å². The van der Waals surface area contributed by atoms with Crippen molar-refractivity contribution in [3.8, 4) is 21.7 Å². The van der Waals surface area contributed by atoms with Crippen LogP contribution >= 0.6 is 11.3 Å². The summed E-state index contributed by atoms with van der Waals surface area (Å²) in [7, 11) is 0. The lowest BCUT2D eigenvalue weighted by molar-refractivity contribution is -0.611. The molecular formula is C18H18N2OS. The fourth-order valence-corrected chi connectivity index (χ4v) is 3.60. The molecular weight excluding hydrogens is 292 g/mol. The van der Waals surface area contributed by atoms with Crippen molar-refractivity contribution >= 4 is 11.3 Å². The summed E-state index contributed by atoms with van der Waals surface area (Å²) in [5, 5.41) is 13.0. The molecule has 3 nitrogen and oxygen atoms in total.